The number of ether oxygens (including phenoxy) is 1. The first-order chi connectivity index (χ1) is 12.0. The minimum atomic E-state index is 0.0858. The van der Waals surface area contributed by atoms with Crippen molar-refractivity contribution in [1.29, 1.82) is 0 Å². The van der Waals surface area contributed by atoms with E-state index in [1.807, 2.05) is 58.0 Å². The van der Waals surface area contributed by atoms with Gasteiger partial charge in [-0.3, -0.25) is 0 Å². The molecular formula is C18H21N5O2. The normalized spacial score (nSPS) is 10.8. The zero-order chi connectivity index (χ0) is 17.8. The van der Waals surface area contributed by atoms with Crippen LogP contribution in [0.15, 0.2) is 40.9 Å². The van der Waals surface area contributed by atoms with Gasteiger partial charge in [0.25, 0.3) is 0 Å². The molecule has 0 saturated heterocycles. The smallest absolute Gasteiger partial charge is 0.175 e. The number of para-hydroxylation sites is 2. The van der Waals surface area contributed by atoms with Crippen LogP contribution in [0.5, 0.6) is 5.75 Å². The molecule has 2 N–H and O–H groups in total. The second kappa shape index (κ2) is 7.21. The summed E-state index contributed by atoms with van der Waals surface area (Å²) in [4.78, 5) is 8.81. The van der Waals surface area contributed by atoms with Gasteiger partial charge < -0.3 is 19.9 Å². The number of aryl methyl sites for hydroxylation is 2. The summed E-state index contributed by atoms with van der Waals surface area (Å²) in [6.45, 7) is 7.66. The minimum absolute atomic E-state index is 0.0858. The summed E-state index contributed by atoms with van der Waals surface area (Å²) in [5.41, 5.74) is 0.845. The van der Waals surface area contributed by atoms with Crippen molar-refractivity contribution in [3.05, 3.63) is 48.0 Å². The molecule has 25 heavy (non-hydrogen) atoms. The van der Waals surface area contributed by atoms with Crippen molar-refractivity contribution in [1.82, 2.24) is 15.1 Å². The Labute approximate surface area is 146 Å². The van der Waals surface area contributed by atoms with Crippen molar-refractivity contribution in [2.75, 3.05) is 10.6 Å². The molecule has 0 fully saturated rings. The summed E-state index contributed by atoms with van der Waals surface area (Å²) >= 11 is 0. The van der Waals surface area contributed by atoms with Gasteiger partial charge in [-0.1, -0.05) is 17.3 Å². The van der Waals surface area contributed by atoms with Crippen molar-refractivity contribution >= 4 is 23.1 Å². The summed E-state index contributed by atoms with van der Waals surface area (Å²) in [5.74, 6) is 4.03. The van der Waals surface area contributed by atoms with Gasteiger partial charge in [-0.25, -0.2) is 9.97 Å². The zero-order valence-corrected chi connectivity index (χ0v) is 14.7. The predicted octanol–water partition coefficient (Wildman–Crippen LogP) is 4.36. The number of nitrogens with one attached hydrogen (secondary N) is 2. The molecular weight excluding hydrogens is 318 g/mol. The van der Waals surface area contributed by atoms with Crippen molar-refractivity contribution in [2.45, 2.75) is 33.8 Å². The second-order valence-corrected chi connectivity index (χ2v) is 5.92. The lowest BCUT2D eigenvalue weighted by Gasteiger charge is -2.15. The van der Waals surface area contributed by atoms with Crippen molar-refractivity contribution in [2.24, 2.45) is 0 Å². The van der Waals surface area contributed by atoms with Crippen LogP contribution in [0.4, 0.5) is 23.1 Å². The molecule has 0 unspecified atom stereocenters. The third-order valence-electron chi connectivity index (χ3n) is 3.23. The predicted molar refractivity (Wildman–Crippen MR) is 96.8 cm³/mol. The first-order valence-corrected chi connectivity index (χ1v) is 8.08. The number of hydrogen-bond donors (Lipinski definition) is 2. The Kier molecular flexibility index (Phi) is 4.83. The van der Waals surface area contributed by atoms with Crippen molar-refractivity contribution in [3.8, 4) is 5.75 Å². The van der Waals surface area contributed by atoms with E-state index in [1.54, 1.807) is 6.07 Å². The molecule has 0 spiro atoms. The topological polar surface area (TPSA) is 85.1 Å². The van der Waals surface area contributed by atoms with Gasteiger partial charge in [0.1, 0.15) is 29.0 Å². The van der Waals surface area contributed by atoms with E-state index in [9.17, 15) is 0 Å². The van der Waals surface area contributed by atoms with Gasteiger partial charge in [0, 0.05) is 12.1 Å². The molecule has 0 amide bonds. The van der Waals surface area contributed by atoms with Crippen LogP contribution in [-0.2, 0) is 0 Å². The summed E-state index contributed by atoms with van der Waals surface area (Å²) in [6.07, 6.45) is 0.0858. The van der Waals surface area contributed by atoms with Gasteiger partial charge in [-0.2, -0.15) is 0 Å². The highest BCUT2D eigenvalue weighted by Gasteiger charge is 2.09. The third kappa shape index (κ3) is 4.47. The Morgan fingerprint density at radius 1 is 0.960 bits per heavy atom. The van der Waals surface area contributed by atoms with Crippen molar-refractivity contribution < 1.29 is 9.26 Å². The van der Waals surface area contributed by atoms with Crippen LogP contribution in [0.1, 0.15) is 25.4 Å². The number of aromatic nitrogens is 3. The summed E-state index contributed by atoms with van der Waals surface area (Å²) in [7, 11) is 0. The Morgan fingerprint density at radius 2 is 1.68 bits per heavy atom. The molecule has 0 bridgehead atoms. The lowest BCUT2D eigenvalue weighted by molar-refractivity contribution is 0.244. The molecule has 0 radical (unpaired) electrons. The van der Waals surface area contributed by atoms with Crippen LogP contribution >= 0.6 is 0 Å². The first-order valence-electron chi connectivity index (χ1n) is 8.08. The van der Waals surface area contributed by atoms with E-state index in [2.05, 4.69) is 25.8 Å². The second-order valence-electron chi connectivity index (χ2n) is 5.92. The van der Waals surface area contributed by atoms with Gasteiger partial charge in [-0.15, -0.1) is 0 Å². The fourth-order valence-corrected chi connectivity index (χ4v) is 2.32. The number of benzene rings is 1. The van der Waals surface area contributed by atoms with Crippen LogP contribution < -0.4 is 15.4 Å². The molecule has 0 atom stereocenters. The average molecular weight is 339 g/mol. The van der Waals surface area contributed by atoms with Gasteiger partial charge in [0.05, 0.1) is 11.8 Å². The van der Waals surface area contributed by atoms with E-state index in [0.29, 0.717) is 23.3 Å². The first kappa shape index (κ1) is 16.8. The molecule has 7 nitrogen and oxygen atoms in total. The molecule has 2 heterocycles. The van der Waals surface area contributed by atoms with Gasteiger partial charge in [-0.05, 0) is 39.8 Å². The van der Waals surface area contributed by atoms with Crippen LogP contribution in [0.2, 0.25) is 0 Å². The highest BCUT2D eigenvalue weighted by molar-refractivity contribution is 5.66. The Balaban J connectivity index is 1.83. The third-order valence-corrected chi connectivity index (χ3v) is 3.23. The number of nitrogens with zero attached hydrogens (tertiary/aromatic N) is 3. The lowest BCUT2D eigenvalue weighted by atomic mass is 10.3. The van der Waals surface area contributed by atoms with Crippen molar-refractivity contribution in [3.63, 3.8) is 0 Å². The molecule has 3 aromatic rings. The summed E-state index contributed by atoms with van der Waals surface area (Å²) in [6, 6.07) is 11.4. The fraction of sp³-hybridized carbons (Fsp3) is 0.278. The maximum atomic E-state index is 5.83. The SMILES string of the molecule is Cc1nc(Nc2cc(C)on2)cc(Nc2ccccc2OC(C)C)n1. The largest absolute Gasteiger partial charge is 0.489 e. The van der Waals surface area contributed by atoms with E-state index >= 15 is 0 Å². The molecule has 7 heteroatoms. The molecule has 2 aromatic heterocycles. The Bertz CT molecular complexity index is 860. The average Bonchev–Trinajstić information content (AvgIpc) is 2.93. The molecule has 0 aliphatic heterocycles. The monoisotopic (exact) mass is 339 g/mol. The molecule has 3 rings (SSSR count). The van der Waals surface area contributed by atoms with E-state index in [1.165, 1.54) is 0 Å². The van der Waals surface area contributed by atoms with E-state index in [4.69, 9.17) is 9.26 Å². The van der Waals surface area contributed by atoms with Crippen LogP contribution in [0.3, 0.4) is 0 Å². The molecule has 0 aliphatic rings. The molecule has 0 aliphatic carbocycles. The van der Waals surface area contributed by atoms with E-state index in [-0.39, 0.29) is 6.10 Å². The van der Waals surface area contributed by atoms with Gasteiger partial charge >= 0.3 is 0 Å². The summed E-state index contributed by atoms with van der Waals surface area (Å²) < 4.78 is 10.9. The van der Waals surface area contributed by atoms with Crippen LogP contribution in [-0.4, -0.2) is 21.2 Å². The molecule has 0 saturated carbocycles. The lowest BCUT2D eigenvalue weighted by Crippen LogP contribution is -2.08. The number of hydrogen-bond acceptors (Lipinski definition) is 7. The zero-order valence-electron chi connectivity index (χ0n) is 14.7. The highest BCUT2D eigenvalue weighted by atomic mass is 16.5. The highest BCUT2D eigenvalue weighted by Crippen LogP contribution is 2.28. The van der Waals surface area contributed by atoms with E-state index < -0.39 is 0 Å². The molecule has 1 aromatic carbocycles. The van der Waals surface area contributed by atoms with E-state index in [0.717, 1.165) is 17.2 Å². The van der Waals surface area contributed by atoms with Gasteiger partial charge in [0.15, 0.2) is 5.82 Å². The number of anilines is 4. The Hall–Kier alpha value is -3.09. The number of rotatable bonds is 6. The summed E-state index contributed by atoms with van der Waals surface area (Å²) in [5, 5.41) is 10.3. The molecule has 130 valence electrons. The maximum absolute atomic E-state index is 5.83. The van der Waals surface area contributed by atoms with Crippen LogP contribution in [0, 0.1) is 13.8 Å². The standard InChI is InChI=1S/C18H21N5O2/c1-11(2)24-15-8-6-5-7-14(15)21-16-10-17(20-13(4)19-16)22-18-9-12(3)25-23-18/h5-11H,1-4H3,(H2,19,20,21,22,23). The van der Waals surface area contributed by atoms with Gasteiger partial charge in [0.2, 0.25) is 0 Å². The maximum Gasteiger partial charge on any atom is 0.175 e. The minimum Gasteiger partial charge on any atom is -0.489 e. The fourth-order valence-electron chi connectivity index (χ4n) is 2.32. The Morgan fingerprint density at radius 3 is 2.36 bits per heavy atom. The van der Waals surface area contributed by atoms with Crippen LogP contribution in [0.25, 0.3) is 0 Å². The quantitative estimate of drug-likeness (QED) is 0.690.